The van der Waals surface area contributed by atoms with E-state index in [1.165, 1.54) is 11.3 Å². The van der Waals surface area contributed by atoms with Crippen LogP contribution in [0.3, 0.4) is 0 Å². The average molecular weight is 378 g/mol. The Bertz CT molecular complexity index is 1020. The average Bonchev–Trinajstić information content (AvgIpc) is 3.10. The van der Waals surface area contributed by atoms with E-state index >= 15 is 0 Å². The van der Waals surface area contributed by atoms with Crippen LogP contribution >= 0.6 is 11.3 Å². The number of Topliss-reactive ketones (excluding diaryl/α,β-unsaturated/α-hetero) is 1. The van der Waals surface area contributed by atoms with Gasteiger partial charge in [0.15, 0.2) is 10.9 Å². The predicted octanol–water partition coefficient (Wildman–Crippen LogP) is 4.81. The zero-order chi connectivity index (χ0) is 19.0. The van der Waals surface area contributed by atoms with E-state index in [9.17, 15) is 9.59 Å². The third kappa shape index (κ3) is 3.61. The molecule has 0 spiro atoms. The highest BCUT2D eigenvalue weighted by Gasteiger charge is 2.32. The number of ketones is 1. The molecule has 0 bridgehead atoms. The molecule has 0 unspecified atom stereocenters. The van der Waals surface area contributed by atoms with Gasteiger partial charge in [-0.2, -0.15) is 0 Å². The number of fused-ring (bicyclic) bond motifs is 1. The molecule has 6 heteroatoms. The number of benzene rings is 2. The van der Waals surface area contributed by atoms with Crippen molar-refractivity contribution in [2.24, 2.45) is 0 Å². The number of anilines is 1. The van der Waals surface area contributed by atoms with Crippen LogP contribution in [-0.2, 0) is 0 Å². The number of nitrogens with zero attached hydrogens (tertiary/aromatic N) is 1. The zero-order valence-electron chi connectivity index (χ0n) is 15.0. The highest BCUT2D eigenvalue weighted by molar-refractivity contribution is 7.14. The molecule has 1 aliphatic heterocycles. The molecule has 0 aliphatic carbocycles. The van der Waals surface area contributed by atoms with Gasteiger partial charge in [-0.05, 0) is 32.0 Å². The van der Waals surface area contributed by atoms with E-state index in [0.717, 1.165) is 11.3 Å². The first kappa shape index (κ1) is 17.4. The smallest absolute Gasteiger partial charge is 0.257 e. The summed E-state index contributed by atoms with van der Waals surface area (Å²) in [6, 6.07) is 14.7. The van der Waals surface area contributed by atoms with Gasteiger partial charge in [-0.3, -0.25) is 14.9 Å². The molecule has 0 atom stereocenters. The van der Waals surface area contributed by atoms with E-state index in [0.29, 0.717) is 22.0 Å². The number of nitrogens with one attached hydrogen (secondary N) is 1. The van der Waals surface area contributed by atoms with Crippen LogP contribution in [0, 0.1) is 0 Å². The van der Waals surface area contributed by atoms with Crippen molar-refractivity contribution in [2.45, 2.75) is 25.9 Å². The Hall–Kier alpha value is -2.99. The Morgan fingerprint density at radius 1 is 1.19 bits per heavy atom. The molecule has 1 aliphatic rings. The Kier molecular flexibility index (Phi) is 4.28. The Labute approximate surface area is 161 Å². The molecule has 5 nitrogen and oxygen atoms in total. The van der Waals surface area contributed by atoms with Gasteiger partial charge < -0.3 is 4.74 Å². The van der Waals surface area contributed by atoms with E-state index in [-0.39, 0.29) is 18.1 Å². The summed E-state index contributed by atoms with van der Waals surface area (Å²) in [6.45, 7) is 3.75. The minimum absolute atomic E-state index is 0.0171. The fraction of sp³-hybridized carbons (Fsp3) is 0.190. The lowest BCUT2D eigenvalue weighted by atomic mass is 9.92. The van der Waals surface area contributed by atoms with Gasteiger partial charge in [0.2, 0.25) is 0 Å². The molecule has 0 radical (unpaired) electrons. The van der Waals surface area contributed by atoms with Gasteiger partial charge in [-0.1, -0.05) is 30.3 Å². The molecule has 1 N–H and O–H groups in total. The third-order valence-electron chi connectivity index (χ3n) is 4.31. The molecule has 1 amide bonds. The van der Waals surface area contributed by atoms with Gasteiger partial charge in [0.25, 0.3) is 5.91 Å². The maximum Gasteiger partial charge on any atom is 0.257 e. The highest BCUT2D eigenvalue weighted by atomic mass is 32.1. The van der Waals surface area contributed by atoms with Crippen LogP contribution in [0.15, 0.2) is 53.9 Å². The maximum absolute atomic E-state index is 12.6. The van der Waals surface area contributed by atoms with Crippen molar-refractivity contribution in [3.05, 3.63) is 65.0 Å². The molecule has 3 aromatic rings. The molecule has 1 aromatic heterocycles. The lowest BCUT2D eigenvalue weighted by Gasteiger charge is -2.31. The van der Waals surface area contributed by atoms with Crippen LogP contribution in [0.1, 0.15) is 41.0 Å². The second kappa shape index (κ2) is 6.63. The van der Waals surface area contributed by atoms with E-state index in [1.54, 1.807) is 18.2 Å². The second-order valence-electron chi connectivity index (χ2n) is 7.03. The number of amides is 1. The summed E-state index contributed by atoms with van der Waals surface area (Å²) in [5.41, 5.74) is 2.14. The first-order valence-electron chi connectivity index (χ1n) is 8.60. The number of carbonyl (C=O) groups is 2. The van der Waals surface area contributed by atoms with Gasteiger partial charge in [-0.25, -0.2) is 4.98 Å². The van der Waals surface area contributed by atoms with E-state index in [1.807, 2.05) is 49.6 Å². The summed E-state index contributed by atoms with van der Waals surface area (Å²) in [4.78, 5) is 29.4. The SMILES string of the molecule is CC1(C)CC(=O)c2cc(C(=O)Nc3nc(-c4ccccc4)cs3)ccc2O1. The molecule has 2 aromatic carbocycles. The molecular weight excluding hydrogens is 360 g/mol. The number of hydrogen-bond acceptors (Lipinski definition) is 5. The number of aromatic nitrogens is 1. The molecule has 0 saturated heterocycles. The lowest BCUT2D eigenvalue weighted by molar-refractivity contribution is 0.0620. The summed E-state index contributed by atoms with van der Waals surface area (Å²) in [5, 5.41) is 5.22. The van der Waals surface area contributed by atoms with Crippen molar-refractivity contribution in [2.75, 3.05) is 5.32 Å². The largest absolute Gasteiger partial charge is 0.487 e. The minimum atomic E-state index is -0.525. The van der Waals surface area contributed by atoms with Crippen LogP contribution in [0.2, 0.25) is 0 Å². The molecule has 2 heterocycles. The van der Waals surface area contributed by atoms with Gasteiger partial charge in [0.05, 0.1) is 17.7 Å². The third-order valence-corrected chi connectivity index (χ3v) is 5.07. The number of thiazole rings is 1. The van der Waals surface area contributed by atoms with Gasteiger partial charge in [0, 0.05) is 16.5 Å². The molecular formula is C21H18N2O3S. The van der Waals surface area contributed by atoms with Crippen LogP contribution in [0.25, 0.3) is 11.3 Å². The van der Waals surface area contributed by atoms with E-state index in [4.69, 9.17) is 4.74 Å². The molecule has 4 rings (SSSR count). The van der Waals surface area contributed by atoms with Crippen LogP contribution < -0.4 is 10.1 Å². The van der Waals surface area contributed by atoms with Crippen molar-refractivity contribution < 1.29 is 14.3 Å². The fourth-order valence-corrected chi connectivity index (χ4v) is 3.75. The van der Waals surface area contributed by atoms with Crippen LogP contribution in [-0.4, -0.2) is 22.3 Å². The van der Waals surface area contributed by atoms with Crippen molar-refractivity contribution >= 4 is 28.2 Å². The second-order valence-corrected chi connectivity index (χ2v) is 7.89. The lowest BCUT2D eigenvalue weighted by Crippen LogP contribution is -2.36. The summed E-state index contributed by atoms with van der Waals surface area (Å²) in [7, 11) is 0. The van der Waals surface area contributed by atoms with E-state index in [2.05, 4.69) is 10.3 Å². The Morgan fingerprint density at radius 2 is 1.96 bits per heavy atom. The summed E-state index contributed by atoms with van der Waals surface area (Å²) < 4.78 is 5.83. The summed E-state index contributed by atoms with van der Waals surface area (Å²) in [5.74, 6) is 0.203. The minimum Gasteiger partial charge on any atom is -0.487 e. The fourth-order valence-electron chi connectivity index (χ4n) is 3.04. The number of hydrogen-bond donors (Lipinski definition) is 1. The van der Waals surface area contributed by atoms with Crippen LogP contribution in [0.4, 0.5) is 5.13 Å². The predicted molar refractivity (Wildman–Crippen MR) is 106 cm³/mol. The zero-order valence-corrected chi connectivity index (χ0v) is 15.8. The Balaban J connectivity index is 1.54. The Morgan fingerprint density at radius 3 is 2.74 bits per heavy atom. The van der Waals surface area contributed by atoms with Crippen molar-refractivity contribution in [3.63, 3.8) is 0 Å². The van der Waals surface area contributed by atoms with Crippen molar-refractivity contribution in [1.82, 2.24) is 4.98 Å². The summed E-state index contributed by atoms with van der Waals surface area (Å²) >= 11 is 1.36. The monoisotopic (exact) mass is 378 g/mol. The quantitative estimate of drug-likeness (QED) is 0.710. The highest BCUT2D eigenvalue weighted by Crippen LogP contribution is 2.33. The molecule has 0 saturated carbocycles. The summed E-state index contributed by atoms with van der Waals surface area (Å²) in [6.07, 6.45) is 0.290. The van der Waals surface area contributed by atoms with Gasteiger partial charge >= 0.3 is 0 Å². The first-order chi connectivity index (χ1) is 12.9. The molecule has 136 valence electrons. The topological polar surface area (TPSA) is 68.3 Å². The number of rotatable bonds is 3. The van der Waals surface area contributed by atoms with Gasteiger partial charge in [0.1, 0.15) is 11.4 Å². The van der Waals surface area contributed by atoms with Crippen LogP contribution in [0.5, 0.6) is 5.75 Å². The van der Waals surface area contributed by atoms with Crippen molar-refractivity contribution in [3.8, 4) is 17.0 Å². The number of ether oxygens (including phenoxy) is 1. The van der Waals surface area contributed by atoms with E-state index < -0.39 is 5.60 Å². The van der Waals surface area contributed by atoms with Crippen molar-refractivity contribution in [1.29, 1.82) is 0 Å². The first-order valence-corrected chi connectivity index (χ1v) is 9.48. The maximum atomic E-state index is 12.6. The normalized spacial score (nSPS) is 15.0. The molecule has 27 heavy (non-hydrogen) atoms. The standard InChI is InChI=1S/C21H18N2O3S/c1-21(2)11-17(24)15-10-14(8-9-18(15)26-21)19(25)23-20-22-16(12-27-20)13-6-4-3-5-7-13/h3-10,12H,11H2,1-2H3,(H,22,23,25). The molecule has 0 fully saturated rings. The van der Waals surface area contributed by atoms with Gasteiger partial charge in [-0.15, -0.1) is 11.3 Å². The number of carbonyl (C=O) groups excluding carboxylic acids is 2.